The van der Waals surface area contributed by atoms with Gasteiger partial charge in [0.1, 0.15) is 5.69 Å². The summed E-state index contributed by atoms with van der Waals surface area (Å²) in [4.78, 5) is 21.2. The molecule has 0 fully saturated rings. The first-order chi connectivity index (χ1) is 4.84. The fourth-order valence-corrected chi connectivity index (χ4v) is 0.491. The van der Waals surface area contributed by atoms with Crippen LogP contribution in [0.15, 0.2) is 23.6 Å². The lowest BCUT2D eigenvalue weighted by Gasteiger charge is -1.88. The number of nitrogens with zero attached hydrogens (tertiary/aromatic N) is 3. The molecule has 4 heteroatoms. The highest BCUT2D eigenvalue weighted by atomic mass is 16.1. The quantitative estimate of drug-likeness (QED) is 0.521. The zero-order valence-corrected chi connectivity index (χ0v) is 5.19. The molecule has 1 rings (SSSR count). The van der Waals surface area contributed by atoms with Gasteiger partial charge in [0.25, 0.3) is 5.91 Å². The zero-order valence-electron chi connectivity index (χ0n) is 5.19. The lowest BCUT2D eigenvalue weighted by Crippen LogP contribution is -1.97. The summed E-state index contributed by atoms with van der Waals surface area (Å²) in [7, 11) is 0. The Kier molecular flexibility index (Phi) is 1.84. The Balaban J connectivity index is 2.95. The average molecular weight is 135 g/mol. The third kappa shape index (κ3) is 1.22. The number of carbonyl (C=O) groups excluding carboxylic acids is 1. The molecule has 1 aromatic rings. The summed E-state index contributed by atoms with van der Waals surface area (Å²) in [6, 6.07) is 0. The van der Waals surface area contributed by atoms with E-state index in [-0.39, 0.29) is 5.69 Å². The highest BCUT2D eigenvalue weighted by Crippen LogP contribution is 1.91. The number of rotatable bonds is 1. The zero-order chi connectivity index (χ0) is 7.40. The second-order valence-electron chi connectivity index (χ2n) is 1.55. The molecular formula is C6H5N3O. The van der Waals surface area contributed by atoms with Gasteiger partial charge in [0.2, 0.25) is 0 Å². The molecule has 0 aromatic carbocycles. The maximum Gasteiger partial charge on any atom is 0.296 e. The first-order valence-electron chi connectivity index (χ1n) is 2.61. The minimum absolute atomic E-state index is 0.220. The van der Waals surface area contributed by atoms with Gasteiger partial charge in [-0.15, -0.1) is 0 Å². The number of aromatic nitrogens is 2. The molecule has 0 atom stereocenters. The van der Waals surface area contributed by atoms with E-state index in [9.17, 15) is 4.79 Å². The van der Waals surface area contributed by atoms with E-state index in [0.717, 1.165) is 0 Å². The van der Waals surface area contributed by atoms with Gasteiger partial charge in [0.05, 0.1) is 6.20 Å². The Morgan fingerprint density at radius 2 is 2.40 bits per heavy atom. The van der Waals surface area contributed by atoms with Crippen LogP contribution in [0.4, 0.5) is 0 Å². The molecule has 0 N–H and O–H groups in total. The highest BCUT2D eigenvalue weighted by molar-refractivity contribution is 5.94. The van der Waals surface area contributed by atoms with Gasteiger partial charge in [0, 0.05) is 12.4 Å². The molecule has 0 spiro atoms. The predicted molar refractivity (Wildman–Crippen MR) is 35.9 cm³/mol. The number of amides is 1. The van der Waals surface area contributed by atoms with Crippen molar-refractivity contribution in [2.24, 2.45) is 4.99 Å². The van der Waals surface area contributed by atoms with E-state index < -0.39 is 5.91 Å². The van der Waals surface area contributed by atoms with Gasteiger partial charge in [-0.3, -0.25) is 9.78 Å². The molecule has 10 heavy (non-hydrogen) atoms. The van der Waals surface area contributed by atoms with Gasteiger partial charge in [-0.25, -0.2) is 9.98 Å². The predicted octanol–water partition coefficient (Wildman–Crippen LogP) is 0.317. The summed E-state index contributed by atoms with van der Waals surface area (Å²) in [5, 5.41) is 0. The molecule has 0 unspecified atom stereocenters. The van der Waals surface area contributed by atoms with Crippen LogP contribution in [0.2, 0.25) is 0 Å². The van der Waals surface area contributed by atoms with Crippen molar-refractivity contribution in [2.45, 2.75) is 0 Å². The Morgan fingerprint density at radius 1 is 1.60 bits per heavy atom. The fraction of sp³-hybridized carbons (Fsp3) is 0. The van der Waals surface area contributed by atoms with Crippen molar-refractivity contribution < 1.29 is 4.79 Å². The fourth-order valence-electron chi connectivity index (χ4n) is 0.491. The lowest BCUT2D eigenvalue weighted by atomic mass is 10.4. The Labute approximate surface area is 57.7 Å². The Hall–Kier alpha value is -1.58. The minimum atomic E-state index is -0.451. The largest absolute Gasteiger partial charge is 0.296 e. The summed E-state index contributed by atoms with van der Waals surface area (Å²) in [6.45, 7) is 3.07. The SMILES string of the molecule is C=NC(=O)c1cnccn1. The van der Waals surface area contributed by atoms with Crippen LogP contribution in [0, 0.1) is 0 Å². The molecular weight excluding hydrogens is 130 g/mol. The normalized spacial score (nSPS) is 8.80. The maximum atomic E-state index is 10.7. The molecule has 0 aliphatic heterocycles. The van der Waals surface area contributed by atoms with E-state index in [0.29, 0.717) is 0 Å². The third-order valence-corrected chi connectivity index (χ3v) is 0.926. The second kappa shape index (κ2) is 2.82. The Morgan fingerprint density at radius 3 is 2.90 bits per heavy atom. The maximum absolute atomic E-state index is 10.7. The molecule has 1 aromatic heterocycles. The van der Waals surface area contributed by atoms with Crippen LogP contribution in [-0.4, -0.2) is 22.6 Å². The van der Waals surface area contributed by atoms with E-state index in [1.54, 1.807) is 0 Å². The molecule has 50 valence electrons. The van der Waals surface area contributed by atoms with Crippen molar-refractivity contribution in [1.82, 2.24) is 9.97 Å². The van der Waals surface area contributed by atoms with Crippen LogP contribution in [0.5, 0.6) is 0 Å². The van der Waals surface area contributed by atoms with Gasteiger partial charge in [-0.05, 0) is 6.72 Å². The van der Waals surface area contributed by atoms with Gasteiger partial charge >= 0.3 is 0 Å². The van der Waals surface area contributed by atoms with Crippen molar-refractivity contribution in [3.8, 4) is 0 Å². The van der Waals surface area contributed by atoms with Crippen LogP contribution in [0.1, 0.15) is 10.5 Å². The van der Waals surface area contributed by atoms with Gasteiger partial charge in [0.15, 0.2) is 0 Å². The minimum Gasteiger partial charge on any atom is -0.265 e. The molecule has 0 saturated carbocycles. The van der Waals surface area contributed by atoms with E-state index in [2.05, 4.69) is 21.7 Å². The smallest absolute Gasteiger partial charge is 0.265 e. The van der Waals surface area contributed by atoms with Crippen LogP contribution in [0.25, 0.3) is 0 Å². The van der Waals surface area contributed by atoms with E-state index in [1.165, 1.54) is 18.6 Å². The number of aliphatic imine (C=N–C) groups is 1. The van der Waals surface area contributed by atoms with Crippen molar-refractivity contribution in [3.63, 3.8) is 0 Å². The molecule has 0 aliphatic rings. The molecule has 0 radical (unpaired) electrons. The summed E-state index contributed by atoms with van der Waals surface area (Å²) in [5.41, 5.74) is 0.220. The lowest BCUT2D eigenvalue weighted by molar-refractivity contribution is 0.0999. The molecule has 1 heterocycles. The van der Waals surface area contributed by atoms with Gasteiger partial charge in [-0.2, -0.15) is 0 Å². The Bertz CT molecular complexity index is 244. The molecule has 4 nitrogen and oxygen atoms in total. The summed E-state index contributed by atoms with van der Waals surface area (Å²) in [6.07, 6.45) is 4.26. The third-order valence-electron chi connectivity index (χ3n) is 0.926. The molecule has 0 bridgehead atoms. The molecule has 0 aliphatic carbocycles. The monoisotopic (exact) mass is 135 g/mol. The molecule has 0 saturated heterocycles. The van der Waals surface area contributed by atoms with Crippen LogP contribution >= 0.6 is 0 Å². The van der Waals surface area contributed by atoms with Crippen LogP contribution in [-0.2, 0) is 0 Å². The highest BCUT2D eigenvalue weighted by Gasteiger charge is 2.00. The number of hydrogen-bond donors (Lipinski definition) is 0. The van der Waals surface area contributed by atoms with Crippen LogP contribution < -0.4 is 0 Å². The van der Waals surface area contributed by atoms with E-state index in [1.807, 2.05) is 0 Å². The van der Waals surface area contributed by atoms with Crippen molar-refractivity contribution in [1.29, 1.82) is 0 Å². The number of carbonyl (C=O) groups is 1. The topological polar surface area (TPSA) is 55.2 Å². The van der Waals surface area contributed by atoms with Gasteiger partial charge in [-0.1, -0.05) is 0 Å². The number of hydrogen-bond acceptors (Lipinski definition) is 3. The summed E-state index contributed by atoms with van der Waals surface area (Å²) in [5.74, 6) is -0.451. The van der Waals surface area contributed by atoms with Crippen molar-refractivity contribution in [2.75, 3.05) is 0 Å². The first-order valence-corrected chi connectivity index (χ1v) is 2.61. The summed E-state index contributed by atoms with van der Waals surface area (Å²) >= 11 is 0. The van der Waals surface area contributed by atoms with Crippen molar-refractivity contribution in [3.05, 3.63) is 24.3 Å². The second-order valence-corrected chi connectivity index (χ2v) is 1.55. The average Bonchev–Trinajstić information content (AvgIpc) is 2.05. The van der Waals surface area contributed by atoms with E-state index >= 15 is 0 Å². The van der Waals surface area contributed by atoms with Crippen molar-refractivity contribution >= 4 is 12.6 Å². The summed E-state index contributed by atoms with van der Waals surface area (Å²) < 4.78 is 0. The van der Waals surface area contributed by atoms with Crippen LogP contribution in [0.3, 0.4) is 0 Å². The standard InChI is InChI=1S/C6H5N3O/c1-7-6(10)5-4-8-2-3-9-5/h2-4H,1H2. The molecule has 1 amide bonds. The first kappa shape index (κ1) is 6.54. The van der Waals surface area contributed by atoms with Gasteiger partial charge < -0.3 is 0 Å². The van der Waals surface area contributed by atoms with E-state index in [4.69, 9.17) is 0 Å².